The van der Waals surface area contributed by atoms with Gasteiger partial charge in [-0.25, -0.2) is 0 Å². The predicted octanol–water partition coefficient (Wildman–Crippen LogP) is 1.18. The van der Waals surface area contributed by atoms with Crippen LogP contribution in [0.25, 0.3) is 5.65 Å². The molecule has 8 heteroatoms. The lowest BCUT2D eigenvalue weighted by Crippen LogP contribution is -2.35. The number of hydrogen-bond acceptors (Lipinski definition) is 6. The lowest BCUT2D eigenvalue weighted by Gasteiger charge is -2.25. The molecule has 3 aromatic rings. The average Bonchev–Trinajstić information content (AvgIpc) is 2.97. The van der Waals surface area contributed by atoms with Crippen LogP contribution in [0.5, 0.6) is 0 Å². The Hall–Kier alpha value is -3.03. The second-order valence-electron chi connectivity index (χ2n) is 6.19. The minimum atomic E-state index is 0.0192. The molecule has 0 spiro atoms. The van der Waals surface area contributed by atoms with Crippen molar-refractivity contribution < 1.29 is 4.79 Å². The Balaban J connectivity index is 1.50. The summed E-state index contributed by atoms with van der Waals surface area (Å²) in [5, 5.41) is 11.3. The summed E-state index contributed by atoms with van der Waals surface area (Å²) < 4.78 is 1.53. The topological polar surface area (TPSA) is 79.5 Å². The van der Waals surface area contributed by atoms with Gasteiger partial charge in [0.15, 0.2) is 5.65 Å². The Kier molecular flexibility index (Phi) is 4.01. The van der Waals surface area contributed by atoms with E-state index in [9.17, 15) is 4.79 Å². The van der Waals surface area contributed by atoms with Crippen LogP contribution in [0.2, 0.25) is 0 Å². The molecular formula is C17H19N7O. The predicted molar refractivity (Wildman–Crippen MR) is 92.5 cm³/mol. The molecule has 1 aliphatic heterocycles. The zero-order valence-electron chi connectivity index (χ0n) is 14.0. The molecule has 0 saturated carbocycles. The number of pyridine rings is 2. The third-order valence-electron chi connectivity index (χ3n) is 4.55. The van der Waals surface area contributed by atoms with Crippen molar-refractivity contribution in [2.75, 3.05) is 31.1 Å². The summed E-state index contributed by atoms with van der Waals surface area (Å²) in [6.07, 6.45) is 6.32. The quantitative estimate of drug-likeness (QED) is 0.699. The van der Waals surface area contributed by atoms with Gasteiger partial charge in [0.1, 0.15) is 0 Å². The molecule has 1 fully saturated rings. The zero-order chi connectivity index (χ0) is 17.2. The lowest BCUT2D eigenvalue weighted by molar-refractivity contribution is 0.0766. The number of hydrogen-bond donors (Lipinski definition) is 0. The summed E-state index contributed by atoms with van der Waals surface area (Å²) in [5.41, 5.74) is 3.59. The number of tetrazole rings is 1. The molecule has 0 radical (unpaired) electrons. The van der Waals surface area contributed by atoms with E-state index in [1.807, 2.05) is 23.4 Å². The maximum absolute atomic E-state index is 12.8. The molecule has 3 aromatic heterocycles. The first kappa shape index (κ1) is 15.5. The number of anilines is 1. The highest BCUT2D eigenvalue weighted by Crippen LogP contribution is 2.20. The van der Waals surface area contributed by atoms with E-state index in [4.69, 9.17) is 0 Å². The first-order valence-corrected chi connectivity index (χ1v) is 8.35. The molecule has 0 bridgehead atoms. The van der Waals surface area contributed by atoms with E-state index in [1.54, 1.807) is 18.3 Å². The first-order valence-electron chi connectivity index (χ1n) is 8.35. The maximum Gasteiger partial charge on any atom is 0.255 e. The Bertz CT molecular complexity index is 907. The maximum atomic E-state index is 12.8. The molecule has 0 atom stereocenters. The molecule has 1 saturated heterocycles. The molecule has 4 heterocycles. The number of amides is 1. The average molecular weight is 337 g/mol. The number of carbonyl (C=O) groups is 1. The molecule has 1 amide bonds. The largest absolute Gasteiger partial charge is 0.369 e. The van der Waals surface area contributed by atoms with E-state index in [0.29, 0.717) is 17.8 Å². The van der Waals surface area contributed by atoms with Crippen molar-refractivity contribution in [2.45, 2.75) is 13.3 Å². The van der Waals surface area contributed by atoms with Crippen molar-refractivity contribution in [3.8, 4) is 0 Å². The number of rotatable bonds is 2. The second kappa shape index (κ2) is 6.46. The number of aromatic nitrogens is 5. The van der Waals surface area contributed by atoms with Crippen LogP contribution in [0.4, 0.5) is 5.69 Å². The standard InChI is InChI=1S/C17H19N7O/c1-13-11-18-6-5-15(13)22-7-2-8-23(10-9-22)17(25)14-3-4-16-19-20-21-24(16)12-14/h3-6,11-12H,2,7-10H2,1H3. The monoisotopic (exact) mass is 337 g/mol. The molecular weight excluding hydrogens is 318 g/mol. The first-order chi connectivity index (χ1) is 12.2. The normalized spacial score (nSPS) is 15.4. The molecule has 0 aromatic carbocycles. The summed E-state index contributed by atoms with van der Waals surface area (Å²) in [5.74, 6) is 0.0192. The van der Waals surface area contributed by atoms with Gasteiger partial charge in [0.05, 0.1) is 5.56 Å². The van der Waals surface area contributed by atoms with E-state index in [1.165, 1.54) is 10.2 Å². The second-order valence-corrected chi connectivity index (χ2v) is 6.19. The van der Waals surface area contributed by atoms with E-state index in [-0.39, 0.29) is 5.91 Å². The molecule has 128 valence electrons. The van der Waals surface area contributed by atoms with Gasteiger partial charge in [-0.3, -0.25) is 9.78 Å². The zero-order valence-corrected chi connectivity index (χ0v) is 14.0. The van der Waals surface area contributed by atoms with Gasteiger partial charge in [0, 0.05) is 50.5 Å². The molecule has 8 nitrogen and oxygen atoms in total. The molecule has 4 rings (SSSR count). The molecule has 1 aliphatic rings. The van der Waals surface area contributed by atoms with Crippen molar-refractivity contribution in [3.63, 3.8) is 0 Å². The van der Waals surface area contributed by atoms with Crippen LogP contribution in [-0.4, -0.2) is 62.0 Å². The Morgan fingerprint density at radius 2 is 2.04 bits per heavy atom. The Labute approximate surface area is 145 Å². The number of nitrogens with zero attached hydrogens (tertiary/aromatic N) is 7. The van der Waals surface area contributed by atoms with Crippen molar-refractivity contribution in [1.29, 1.82) is 0 Å². The SMILES string of the molecule is Cc1cnccc1N1CCCN(C(=O)c2ccc3nnnn3c2)CC1. The van der Waals surface area contributed by atoms with E-state index >= 15 is 0 Å². The fourth-order valence-electron chi connectivity index (χ4n) is 3.23. The summed E-state index contributed by atoms with van der Waals surface area (Å²) in [6, 6.07) is 5.58. The van der Waals surface area contributed by atoms with Gasteiger partial charge in [0.2, 0.25) is 0 Å². The van der Waals surface area contributed by atoms with Crippen molar-refractivity contribution in [3.05, 3.63) is 47.9 Å². The third kappa shape index (κ3) is 3.02. The summed E-state index contributed by atoms with van der Waals surface area (Å²) in [6.45, 7) is 5.24. The van der Waals surface area contributed by atoms with Crippen LogP contribution >= 0.6 is 0 Å². The Morgan fingerprint density at radius 3 is 2.92 bits per heavy atom. The van der Waals surface area contributed by atoms with Crippen LogP contribution in [0.15, 0.2) is 36.8 Å². The van der Waals surface area contributed by atoms with Crippen molar-refractivity contribution >= 4 is 17.2 Å². The van der Waals surface area contributed by atoms with Gasteiger partial charge in [0.25, 0.3) is 5.91 Å². The summed E-state index contributed by atoms with van der Waals surface area (Å²) in [4.78, 5) is 21.2. The third-order valence-corrected chi connectivity index (χ3v) is 4.55. The lowest BCUT2D eigenvalue weighted by atomic mass is 10.2. The fraction of sp³-hybridized carbons (Fsp3) is 0.353. The van der Waals surface area contributed by atoms with Gasteiger partial charge in [-0.05, 0) is 47.5 Å². The van der Waals surface area contributed by atoms with Crippen LogP contribution < -0.4 is 4.90 Å². The van der Waals surface area contributed by atoms with E-state index in [0.717, 1.165) is 31.6 Å². The van der Waals surface area contributed by atoms with Crippen LogP contribution in [0, 0.1) is 6.92 Å². The van der Waals surface area contributed by atoms with Gasteiger partial charge in [-0.15, -0.1) is 5.10 Å². The minimum Gasteiger partial charge on any atom is -0.369 e. The highest BCUT2D eigenvalue weighted by atomic mass is 16.2. The highest BCUT2D eigenvalue weighted by molar-refractivity contribution is 5.94. The molecule has 0 unspecified atom stereocenters. The number of aryl methyl sites for hydroxylation is 1. The van der Waals surface area contributed by atoms with Gasteiger partial charge in [-0.2, -0.15) is 4.52 Å². The molecule has 25 heavy (non-hydrogen) atoms. The van der Waals surface area contributed by atoms with Crippen LogP contribution in [0.3, 0.4) is 0 Å². The fourth-order valence-corrected chi connectivity index (χ4v) is 3.23. The summed E-state index contributed by atoms with van der Waals surface area (Å²) in [7, 11) is 0. The van der Waals surface area contributed by atoms with Gasteiger partial charge >= 0.3 is 0 Å². The summed E-state index contributed by atoms with van der Waals surface area (Å²) >= 11 is 0. The van der Waals surface area contributed by atoms with E-state index < -0.39 is 0 Å². The van der Waals surface area contributed by atoms with Gasteiger partial charge in [-0.1, -0.05) is 0 Å². The van der Waals surface area contributed by atoms with Gasteiger partial charge < -0.3 is 9.80 Å². The number of carbonyl (C=O) groups excluding carboxylic acids is 1. The van der Waals surface area contributed by atoms with E-state index in [2.05, 4.69) is 32.3 Å². The highest BCUT2D eigenvalue weighted by Gasteiger charge is 2.21. The van der Waals surface area contributed by atoms with Crippen molar-refractivity contribution in [2.24, 2.45) is 0 Å². The molecule has 0 aliphatic carbocycles. The van der Waals surface area contributed by atoms with Crippen LogP contribution in [-0.2, 0) is 0 Å². The van der Waals surface area contributed by atoms with Crippen LogP contribution in [0.1, 0.15) is 22.3 Å². The Morgan fingerprint density at radius 1 is 1.12 bits per heavy atom. The number of fused-ring (bicyclic) bond motifs is 1. The smallest absolute Gasteiger partial charge is 0.255 e. The molecule has 0 N–H and O–H groups in total. The van der Waals surface area contributed by atoms with Crippen molar-refractivity contribution in [1.82, 2.24) is 29.9 Å². The minimum absolute atomic E-state index is 0.0192.